The van der Waals surface area contributed by atoms with Crippen molar-refractivity contribution in [3.8, 4) is 5.75 Å². The summed E-state index contributed by atoms with van der Waals surface area (Å²) >= 11 is 1.05. The molecule has 2 heterocycles. The lowest BCUT2D eigenvalue weighted by Crippen LogP contribution is -2.26. The molecule has 0 aliphatic carbocycles. The van der Waals surface area contributed by atoms with Crippen molar-refractivity contribution >= 4 is 35.0 Å². The van der Waals surface area contributed by atoms with Gasteiger partial charge in [-0.1, -0.05) is 11.8 Å². The summed E-state index contributed by atoms with van der Waals surface area (Å²) in [5.74, 6) is -0.721. The van der Waals surface area contributed by atoms with Crippen LogP contribution in [0.2, 0.25) is 0 Å². The topological polar surface area (TPSA) is 119 Å². The van der Waals surface area contributed by atoms with Crippen LogP contribution in [0, 0.1) is 0 Å². The number of nitrogens with one attached hydrogen (secondary N) is 1. The Kier molecular flexibility index (Phi) is 6.21. The van der Waals surface area contributed by atoms with Gasteiger partial charge >= 0.3 is 5.97 Å². The number of amides is 1. The largest absolute Gasteiger partial charge is 0.488 e. The summed E-state index contributed by atoms with van der Waals surface area (Å²) in [4.78, 5) is 22.3. The normalized spacial score (nSPS) is 22.2. The molecule has 2 N–H and O–H groups in total. The molecular weight excluding hydrogens is 362 g/mol. The van der Waals surface area contributed by atoms with Crippen molar-refractivity contribution in [2.45, 2.75) is 18.0 Å². The summed E-state index contributed by atoms with van der Waals surface area (Å²) in [7, 11) is 0. The van der Waals surface area contributed by atoms with Crippen molar-refractivity contribution in [2.24, 2.45) is 10.2 Å². The lowest BCUT2D eigenvalue weighted by molar-refractivity contribution is -0.138. The van der Waals surface area contributed by atoms with Gasteiger partial charge < -0.3 is 24.6 Å². The van der Waals surface area contributed by atoms with Gasteiger partial charge in [-0.05, 0) is 29.8 Å². The second-order valence-corrected chi connectivity index (χ2v) is 6.59. The van der Waals surface area contributed by atoms with Gasteiger partial charge in [0.25, 0.3) is 0 Å². The maximum Gasteiger partial charge on any atom is 0.305 e. The Morgan fingerprint density at radius 3 is 2.77 bits per heavy atom. The average molecular weight is 379 g/mol. The van der Waals surface area contributed by atoms with E-state index in [9.17, 15) is 9.59 Å². The van der Waals surface area contributed by atoms with Crippen molar-refractivity contribution in [1.82, 2.24) is 5.32 Å². The zero-order valence-electron chi connectivity index (χ0n) is 13.7. The van der Waals surface area contributed by atoms with Crippen LogP contribution >= 0.6 is 11.8 Å². The molecule has 2 aliphatic rings. The Labute approximate surface area is 153 Å². The van der Waals surface area contributed by atoms with Crippen LogP contribution < -0.4 is 10.1 Å². The Balaban J connectivity index is 1.49. The van der Waals surface area contributed by atoms with Crippen molar-refractivity contribution in [1.29, 1.82) is 0 Å². The minimum atomic E-state index is -1.03. The van der Waals surface area contributed by atoms with E-state index in [0.717, 1.165) is 17.3 Å². The molecule has 0 aromatic heterocycles. The van der Waals surface area contributed by atoms with E-state index in [1.165, 1.54) is 6.21 Å². The zero-order chi connectivity index (χ0) is 18.4. The van der Waals surface area contributed by atoms with Gasteiger partial charge in [0.05, 0.1) is 25.8 Å². The number of ether oxygens (including phenoxy) is 3. The third kappa shape index (κ3) is 5.28. The number of aliphatic carboxylic acids is 1. The van der Waals surface area contributed by atoms with Crippen LogP contribution in [0.25, 0.3) is 0 Å². The molecule has 1 atom stereocenters. The van der Waals surface area contributed by atoms with Gasteiger partial charge in [-0.2, -0.15) is 5.10 Å². The number of carbonyl (C=O) groups excluding carboxylic acids is 1. The van der Waals surface area contributed by atoms with Crippen LogP contribution in [0.15, 0.2) is 34.5 Å². The quantitative estimate of drug-likeness (QED) is 0.532. The summed E-state index contributed by atoms with van der Waals surface area (Å²) < 4.78 is 16.1. The van der Waals surface area contributed by atoms with E-state index in [1.54, 1.807) is 12.1 Å². The number of benzene rings is 1. The molecule has 3 rings (SSSR count). The van der Waals surface area contributed by atoms with Gasteiger partial charge in [-0.3, -0.25) is 9.59 Å². The van der Waals surface area contributed by atoms with Gasteiger partial charge in [0, 0.05) is 0 Å². The van der Waals surface area contributed by atoms with Crippen LogP contribution in [0.5, 0.6) is 5.75 Å². The van der Waals surface area contributed by atoms with Crippen LogP contribution in [-0.2, 0) is 19.1 Å². The molecule has 2 saturated heterocycles. The molecule has 10 heteroatoms. The highest BCUT2D eigenvalue weighted by atomic mass is 32.2. The van der Waals surface area contributed by atoms with E-state index in [-0.39, 0.29) is 23.8 Å². The predicted octanol–water partition coefficient (Wildman–Crippen LogP) is 0.835. The van der Waals surface area contributed by atoms with Gasteiger partial charge in [-0.25, -0.2) is 0 Å². The molecule has 0 radical (unpaired) electrons. The monoisotopic (exact) mass is 379 g/mol. The number of thioether (sulfide) groups is 1. The van der Waals surface area contributed by atoms with Crippen molar-refractivity contribution < 1.29 is 28.9 Å². The third-order valence-corrected chi connectivity index (χ3v) is 4.52. The highest BCUT2D eigenvalue weighted by molar-refractivity contribution is 8.15. The Bertz CT molecular complexity index is 715. The lowest BCUT2D eigenvalue weighted by atomic mass is 10.2. The molecule has 1 unspecified atom stereocenters. The molecule has 1 aromatic carbocycles. The van der Waals surface area contributed by atoms with Crippen molar-refractivity contribution in [3.63, 3.8) is 0 Å². The van der Waals surface area contributed by atoms with Crippen LogP contribution in [0.3, 0.4) is 0 Å². The van der Waals surface area contributed by atoms with E-state index in [1.807, 2.05) is 12.1 Å². The maximum atomic E-state index is 11.6. The molecular formula is C16H17N3O6S. The zero-order valence-corrected chi connectivity index (χ0v) is 14.5. The first-order valence-electron chi connectivity index (χ1n) is 7.86. The average Bonchev–Trinajstić information content (AvgIpc) is 3.24. The van der Waals surface area contributed by atoms with E-state index < -0.39 is 11.2 Å². The van der Waals surface area contributed by atoms with Gasteiger partial charge in [0.15, 0.2) is 11.5 Å². The first-order valence-corrected chi connectivity index (χ1v) is 8.74. The fourth-order valence-electron chi connectivity index (χ4n) is 2.21. The first-order chi connectivity index (χ1) is 12.6. The minimum Gasteiger partial charge on any atom is -0.488 e. The first kappa shape index (κ1) is 18.4. The number of rotatable bonds is 7. The number of amidine groups is 1. The smallest absolute Gasteiger partial charge is 0.305 e. The SMILES string of the molecule is O=C(O)CC1SC(=NN=Cc2ccc(OCC3OCCO3)cc2)NC1=O. The number of carboxylic acid groups (broad SMARTS) is 1. The number of carboxylic acids is 1. The van der Waals surface area contributed by atoms with Crippen molar-refractivity contribution in [2.75, 3.05) is 19.8 Å². The molecule has 2 fully saturated rings. The minimum absolute atomic E-state index is 0.252. The van der Waals surface area contributed by atoms with Crippen LogP contribution in [0.4, 0.5) is 0 Å². The van der Waals surface area contributed by atoms with Crippen molar-refractivity contribution in [3.05, 3.63) is 29.8 Å². The fourth-order valence-corrected chi connectivity index (χ4v) is 3.13. The van der Waals surface area contributed by atoms with E-state index in [0.29, 0.717) is 25.6 Å². The number of hydrogen-bond donors (Lipinski definition) is 2. The van der Waals surface area contributed by atoms with Crippen LogP contribution in [-0.4, -0.2) is 59.7 Å². The summed E-state index contributed by atoms with van der Waals surface area (Å²) in [5, 5.41) is 18.7. The summed E-state index contributed by atoms with van der Waals surface area (Å²) in [6.45, 7) is 1.50. The molecule has 2 aliphatic heterocycles. The van der Waals surface area contributed by atoms with Gasteiger partial charge in [0.2, 0.25) is 5.91 Å². The second kappa shape index (κ2) is 8.79. The number of carbonyl (C=O) groups is 2. The molecule has 9 nitrogen and oxygen atoms in total. The van der Waals surface area contributed by atoms with Gasteiger partial charge in [0.1, 0.15) is 17.6 Å². The Hall–Kier alpha value is -2.43. The highest BCUT2D eigenvalue weighted by Crippen LogP contribution is 2.22. The molecule has 0 spiro atoms. The molecule has 0 bridgehead atoms. The predicted molar refractivity (Wildman–Crippen MR) is 94.4 cm³/mol. The lowest BCUT2D eigenvalue weighted by Gasteiger charge is -2.10. The molecule has 0 saturated carbocycles. The molecule has 138 valence electrons. The Morgan fingerprint density at radius 2 is 2.08 bits per heavy atom. The molecule has 1 amide bonds. The third-order valence-electron chi connectivity index (χ3n) is 3.45. The number of hydrogen-bond acceptors (Lipinski definition) is 8. The highest BCUT2D eigenvalue weighted by Gasteiger charge is 2.32. The second-order valence-electron chi connectivity index (χ2n) is 5.39. The van der Waals surface area contributed by atoms with E-state index in [4.69, 9.17) is 19.3 Å². The maximum absolute atomic E-state index is 11.6. The van der Waals surface area contributed by atoms with Gasteiger partial charge in [-0.15, -0.1) is 5.10 Å². The summed E-state index contributed by atoms with van der Waals surface area (Å²) in [6, 6.07) is 7.20. The van der Waals surface area contributed by atoms with E-state index in [2.05, 4.69) is 15.5 Å². The standard InChI is InChI=1S/C16H17N3O6S/c20-13(21)7-12-15(22)18-16(26-12)19-17-8-10-1-3-11(4-2-10)25-9-14-23-5-6-24-14/h1-4,8,12,14H,5-7,9H2,(H,20,21)(H,18,19,22). The van der Waals surface area contributed by atoms with E-state index >= 15 is 0 Å². The fraction of sp³-hybridized carbons (Fsp3) is 0.375. The summed E-state index contributed by atoms with van der Waals surface area (Å²) in [6.07, 6.45) is 0.950. The Morgan fingerprint density at radius 1 is 1.35 bits per heavy atom. The summed E-state index contributed by atoms with van der Waals surface area (Å²) in [5.41, 5.74) is 0.798. The molecule has 26 heavy (non-hydrogen) atoms. The molecule has 1 aromatic rings. The van der Waals surface area contributed by atoms with Crippen LogP contribution in [0.1, 0.15) is 12.0 Å². The number of nitrogens with zero attached hydrogens (tertiary/aromatic N) is 2.